The number of amides is 2. The van der Waals surface area contributed by atoms with Crippen LogP contribution in [0.25, 0.3) is 0 Å². The minimum atomic E-state index is -3.63. The number of halogens is 1. The van der Waals surface area contributed by atoms with E-state index in [1.165, 1.54) is 12.1 Å². The lowest BCUT2D eigenvalue weighted by molar-refractivity contribution is -0.120. The number of hydrogen-bond donors (Lipinski definition) is 3. The standard InChI is InChI=1S/C17H18BrN3O4S/c18-14-6-8-15(9-7-14)26(24,25)21-11-10-19-16(22)12-20-17(23)13-4-2-1-3-5-13/h1-9,21H,10-12H2,(H,19,22)(H,20,23). The maximum absolute atomic E-state index is 12.1. The fourth-order valence-electron chi connectivity index (χ4n) is 2.00. The molecule has 2 rings (SSSR count). The van der Waals surface area contributed by atoms with Gasteiger partial charge in [-0.15, -0.1) is 0 Å². The number of rotatable bonds is 8. The lowest BCUT2D eigenvalue weighted by atomic mass is 10.2. The van der Waals surface area contributed by atoms with Crippen LogP contribution in [0.4, 0.5) is 0 Å². The predicted octanol–water partition coefficient (Wildman–Crippen LogP) is 1.27. The Kier molecular flexibility index (Phi) is 7.31. The average molecular weight is 440 g/mol. The molecule has 0 aromatic heterocycles. The number of benzene rings is 2. The molecule has 7 nitrogen and oxygen atoms in total. The van der Waals surface area contributed by atoms with E-state index < -0.39 is 15.9 Å². The highest BCUT2D eigenvalue weighted by atomic mass is 79.9. The molecule has 0 radical (unpaired) electrons. The Balaban J connectivity index is 1.70. The Labute approximate surface area is 160 Å². The summed E-state index contributed by atoms with van der Waals surface area (Å²) in [5, 5.41) is 5.03. The molecule has 0 aliphatic carbocycles. The molecule has 0 aliphatic heterocycles. The van der Waals surface area contributed by atoms with Gasteiger partial charge in [-0.3, -0.25) is 9.59 Å². The third kappa shape index (κ3) is 6.25. The van der Waals surface area contributed by atoms with Crippen molar-refractivity contribution in [1.82, 2.24) is 15.4 Å². The fraction of sp³-hybridized carbons (Fsp3) is 0.176. The van der Waals surface area contributed by atoms with E-state index in [0.29, 0.717) is 5.56 Å². The molecular formula is C17H18BrN3O4S. The summed E-state index contributed by atoms with van der Waals surface area (Å²) in [6.45, 7) is -0.0419. The van der Waals surface area contributed by atoms with Crippen LogP contribution in [0.1, 0.15) is 10.4 Å². The molecule has 138 valence electrons. The van der Waals surface area contributed by atoms with Crippen molar-refractivity contribution >= 4 is 37.8 Å². The Morgan fingerprint density at radius 3 is 2.19 bits per heavy atom. The molecule has 3 N–H and O–H groups in total. The van der Waals surface area contributed by atoms with E-state index in [1.807, 2.05) is 0 Å². The molecule has 0 saturated heterocycles. The molecular weight excluding hydrogens is 422 g/mol. The molecule has 2 amide bonds. The highest BCUT2D eigenvalue weighted by Crippen LogP contribution is 2.14. The van der Waals surface area contributed by atoms with E-state index >= 15 is 0 Å². The number of carbonyl (C=O) groups excluding carboxylic acids is 2. The molecule has 0 fully saturated rings. The molecule has 0 heterocycles. The highest BCUT2D eigenvalue weighted by molar-refractivity contribution is 9.10. The quantitative estimate of drug-likeness (QED) is 0.538. The van der Waals surface area contributed by atoms with Crippen molar-refractivity contribution in [2.75, 3.05) is 19.6 Å². The molecule has 0 atom stereocenters. The van der Waals surface area contributed by atoms with E-state index in [1.54, 1.807) is 42.5 Å². The molecule has 2 aromatic rings. The van der Waals surface area contributed by atoms with Crippen LogP contribution < -0.4 is 15.4 Å². The smallest absolute Gasteiger partial charge is 0.251 e. The second-order valence-electron chi connectivity index (χ2n) is 5.25. The van der Waals surface area contributed by atoms with Crippen LogP contribution >= 0.6 is 15.9 Å². The molecule has 26 heavy (non-hydrogen) atoms. The van der Waals surface area contributed by atoms with Crippen molar-refractivity contribution in [3.63, 3.8) is 0 Å². The zero-order chi connectivity index (χ0) is 19.0. The van der Waals surface area contributed by atoms with Crippen molar-refractivity contribution in [2.24, 2.45) is 0 Å². The molecule has 0 aliphatic rings. The number of hydrogen-bond acceptors (Lipinski definition) is 4. The van der Waals surface area contributed by atoms with E-state index in [9.17, 15) is 18.0 Å². The van der Waals surface area contributed by atoms with Gasteiger partial charge in [0.15, 0.2) is 0 Å². The van der Waals surface area contributed by atoms with E-state index in [-0.39, 0.29) is 30.4 Å². The van der Waals surface area contributed by atoms with Crippen molar-refractivity contribution in [3.05, 3.63) is 64.6 Å². The Hall–Kier alpha value is -2.23. The van der Waals surface area contributed by atoms with Gasteiger partial charge in [0, 0.05) is 23.1 Å². The first-order chi connectivity index (χ1) is 12.4. The van der Waals surface area contributed by atoms with E-state index in [4.69, 9.17) is 0 Å². The molecule has 0 bridgehead atoms. The summed E-state index contributed by atoms with van der Waals surface area (Å²) in [6.07, 6.45) is 0. The minimum Gasteiger partial charge on any atom is -0.353 e. The highest BCUT2D eigenvalue weighted by Gasteiger charge is 2.13. The van der Waals surface area contributed by atoms with Gasteiger partial charge >= 0.3 is 0 Å². The third-order valence-electron chi connectivity index (χ3n) is 3.31. The monoisotopic (exact) mass is 439 g/mol. The van der Waals surface area contributed by atoms with Gasteiger partial charge in [-0.25, -0.2) is 13.1 Å². The number of sulfonamides is 1. The first-order valence-electron chi connectivity index (χ1n) is 7.74. The number of nitrogens with one attached hydrogen (secondary N) is 3. The summed E-state index contributed by atoms with van der Waals surface area (Å²) in [6, 6.07) is 14.7. The van der Waals surface area contributed by atoms with Gasteiger partial charge < -0.3 is 10.6 Å². The topological polar surface area (TPSA) is 104 Å². The molecule has 0 saturated carbocycles. The van der Waals surface area contributed by atoms with Crippen LogP contribution in [0.2, 0.25) is 0 Å². The van der Waals surface area contributed by atoms with Gasteiger partial charge in [-0.2, -0.15) is 0 Å². The first-order valence-corrected chi connectivity index (χ1v) is 10.0. The van der Waals surface area contributed by atoms with Crippen LogP contribution in [0.5, 0.6) is 0 Å². The largest absolute Gasteiger partial charge is 0.353 e. The Bertz CT molecular complexity index is 855. The average Bonchev–Trinajstić information content (AvgIpc) is 2.64. The van der Waals surface area contributed by atoms with Gasteiger partial charge in [-0.1, -0.05) is 34.1 Å². The van der Waals surface area contributed by atoms with Crippen LogP contribution in [0, 0.1) is 0 Å². The third-order valence-corrected chi connectivity index (χ3v) is 5.31. The lowest BCUT2D eigenvalue weighted by Crippen LogP contribution is -2.40. The molecule has 9 heteroatoms. The van der Waals surface area contributed by atoms with Crippen molar-refractivity contribution in [3.8, 4) is 0 Å². The fourth-order valence-corrected chi connectivity index (χ4v) is 3.30. The van der Waals surface area contributed by atoms with Crippen LogP contribution in [0.15, 0.2) is 64.0 Å². The Morgan fingerprint density at radius 1 is 0.885 bits per heavy atom. The minimum absolute atomic E-state index is 0.0385. The van der Waals surface area contributed by atoms with Crippen molar-refractivity contribution < 1.29 is 18.0 Å². The van der Waals surface area contributed by atoms with Crippen LogP contribution in [-0.4, -0.2) is 39.9 Å². The second-order valence-corrected chi connectivity index (χ2v) is 7.93. The van der Waals surface area contributed by atoms with Gasteiger partial charge in [0.05, 0.1) is 11.4 Å². The predicted molar refractivity (Wildman–Crippen MR) is 101 cm³/mol. The lowest BCUT2D eigenvalue weighted by Gasteiger charge is -2.09. The normalized spacial score (nSPS) is 11.0. The molecule has 0 unspecified atom stereocenters. The SMILES string of the molecule is O=C(CNC(=O)c1ccccc1)NCCNS(=O)(=O)c1ccc(Br)cc1. The summed E-state index contributed by atoms with van der Waals surface area (Å²) in [4.78, 5) is 23.6. The van der Waals surface area contributed by atoms with E-state index in [0.717, 1.165) is 4.47 Å². The first kappa shape index (κ1) is 20.1. The van der Waals surface area contributed by atoms with Gasteiger partial charge in [-0.05, 0) is 36.4 Å². The van der Waals surface area contributed by atoms with Gasteiger partial charge in [0.25, 0.3) is 5.91 Å². The number of carbonyl (C=O) groups is 2. The summed E-state index contributed by atoms with van der Waals surface area (Å²) >= 11 is 3.24. The van der Waals surface area contributed by atoms with Gasteiger partial charge in [0.2, 0.25) is 15.9 Å². The second kappa shape index (κ2) is 9.46. The Morgan fingerprint density at radius 2 is 1.54 bits per heavy atom. The summed E-state index contributed by atoms with van der Waals surface area (Å²) in [5.74, 6) is -0.756. The summed E-state index contributed by atoms with van der Waals surface area (Å²) in [7, 11) is -3.63. The van der Waals surface area contributed by atoms with Gasteiger partial charge in [0.1, 0.15) is 0 Å². The molecule has 0 spiro atoms. The molecule has 2 aromatic carbocycles. The summed E-state index contributed by atoms with van der Waals surface area (Å²) < 4.78 is 27.3. The van der Waals surface area contributed by atoms with Crippen LogP contribution in [-0.2, 0) is 14.8 Å². The maximum atomic E-state index is 12.1. The summed E-state index contributed by atoms with van der Waals surface area (Å²) in [5.41, 5.74) is 0.461. The zero-order valence-corrected chi connectivity index (χ0v) is 16.1. The maximum Gasteiger partial charge on any atom is 0.251 e. The van der Waals surface area contributed by atoms with Crippen LogP contribution in [0.3, 0.4) is 0 Å². The van der Waals surface area contributed by atoms with Crippen molar-refractivity contribution in [1.29, 1.82) is 0 Å². The van der Waals surface area contributed by atoms with E-state index in [2.05, 4.69) is 31.3 Å². The van der Waals surface area contributed by atoms with Crippen molar-refractivity contribution in [2.45, 2.75) is 4.90 Å². The zero-order valence-electron chi connectivity index (χ0n) is 13.7.